The van der Waals surface area contributed by atoms with Gasteiger partial charge in [-0.15, -0.1) is 11.3 Å². The highest BCUT2D eigenvalue weighted by Crippen LogP contribution is 2.32. The number of hydrogen-bond donors (Lipinski definition) is 1. The van der Waals surface area contributed by atoms with Crippen molar-refractivity contribution in [1.82, 2.24) is 9.97 Å². The van der Waals surface area contributed by atoms with Crippen molar-refractivity contribution >= 4 is 33.1 Å². The third-order valence-corrected chi connectivity index (χ3v) is 4.32. The highest BCUT2D eigenvalue weighted by Gasteiger charge is 2.09. The molecule has 2 aromatic rings. The number of thiophene rings is 1. The van der Waals surface area contributed by atoms with Gasteiger partial charge in [0.25, 0.3) is 0 Å². The first-order chi connectivity index (χ1) is 7.60. The maximum atomic E-state index is 4.44. The molecular weight excluding hydrogens is 286 g/mol. The Kier molecular flexibility index (Phi) is 3.25. The van der Waals surface area contributed by atoms with E-state index in [4.69, 9.17) is 0 Å². The number of aryl methyl sites for hydroxylation is 2. The maximum Gasteiger partial charge on any atom is 0.171 e. The standard InChI is InChI=1S/C11H12BrN3S/c1-6-4-10(13-3)15-11(14-6)9-5-8(12)7(2)16-9/h4-5H,1-3H3,(H,13,14,15). The van der Waals surface area contributed by atoms with Gasteiger partial charge in [-0.1, -0.05) is 0 Å². The number of halogens is 1. The second kappa shape index (κ2) is 4.51. The fourth-order valence-corrected chi connectivity index (χ4v) is 2.85. The van der Waals surface area contributed by atoms with Crippen LogP contribution in [0.15, 0.2) is 16.6 Å². The second-order valence-corrected chi connectivity index (χ2v) is 5.59. The van der Waals surface area contributed by atoms with Gasteiger partial charge < -0.3 is 5.32 Å². The molecular formula is C11H12BrN3S. The van der Waals surface area contributed by atoms with E-state index in [9.17, 15) is 0 Å². The van der Waals surface area contributed by atoms with Crippen molar-refractivity contribution in [2.24, 2.45) is 0 Å². The molecule has 0 aliphatic carbocycles. The Morgan fingerprint density at radius 2 is 2.00 bits per heavy atom. The average Bonchev–Trinajstić information content (AvgIpc) is 2.58. The molecule has 0 atom stereocenters. The molecule has 0 aliphatic heterocycles. The van der Waals surface area contributed by atoms with E-state index in [0.717, 1.165) is 26.7 Å². The zero-order valence-corrected chi connectivity index (χ0v) is 11.7. The molecule has 0 radical (unpaired) electrons. The van der Waals surface area contributed by atoms with Crippen LogP contribution in [0.5, 0.6) is 0 Å². The third kappa shape index (κ3) is 2.25. The summed E-state index contributed by atoms with van der Waals surface area (Å²) in [7, 11) is 1.86. The summed E-state index contributed by atoms with van der Waals surface area (Å²) < 4.78 is 1.11. The Labute approximate surface area is 107 Å². The van der Waals surface area contributed by atoms with Gasteiger partial charge in [-0.3, -0.25) is 0 Å². The molecule has 2 rings (SSSR count). The van der Waals surface area contributed by atoms with E-state index in [1.807, 2.05) is 20.0 Å². The quantitative estimate of drug-likeness (QED) is 0.920. The van der Waals surface area contributed by atoms with Crippen molar-refractivity contribution in [3.8, 4) is 10.7 Å². The Bertz CT molecular complexity index is 502. The molecule has 0 aromatic carbocycles. The Morgan fingerprint density at radius 3 is 2.56 bits per heavy atom. The number of aromatic nitrogens is 2. The van der Waals surface area contributed by atoms with Crippen LogP contribution in [0, 0.1) is 13.8 Å². The minimum atomic E-state index is 0.781. The Morgan fingerprint density at radius 1 is 1.25 bits per heavy atom. The minimum Gasteiger partial charge on any atom is -0.373 e. The molecule has 0 spiro atoms. The van der Waals surface area contributed by atoms with Gasteiger partial charge in [-0.05, 0) is 35.8 Å². The van der Waals surface area contributed by atoms with Crippen molar-refractivity contribution in [3.05, 3.63) is 27.2 Å². The summed E-state index contributed by atoms with van der Waals surface area (Å²) in [6.07, 6.45) is 0. The van der Waals surface area contributed by atoms with Gasteiger partial charge >= 0.3 is 0 Å². The van der Waals surface area contributed by atoms with Crippen LogP contribution in [0.3, 0.4) is 0 Å². The fourth-order valence-electron chi connectivity index (χ4n) is 1.38. The number of hydrogen-bond acceptors (Lipinski definition) is 4. The molecule has 3 nitrogen and oxygen atoms in total. The Balaban J connectivity index is 2.50. The molecule has 0 fully saturated rings. The SMILES string of the molecule is CNc1cc(C)nc(-c2cc(Br)c(C)s2)n1. The first-order valence-corrected chi connectivity index (χ1v) is 6.51. The summed E-state index contributed by atoms with van der Waals surface area (Å²) in [6.45, 7) is 4.05. The molecule has 0 amide bonds. The number of anilines is 1. The fraction of sp³-hybridized carbons (Fsp3) is 0.273. The van der Waals surface area contributed by atoms with E-state index < -0.39 is 0 Å². The van der Waals surface area contributed by atoms with Gasteiger partial charge in [0.2, 0.25) is 0 Å². The molecule has 0 unspecified atom stereocenters. The molecule has 0 aliphatic rings. The van der Waals surface area contributed by atoms with Crippen molar-refractivity contribution in [3.63, 3.8) is 0 Å². The lowest BCUT2D eigenvalue weighted by Gasteiger charge is -2.03. The van der Waals surface area contributed by atoms with Crippen molar-refractivity contribution < 1.29 is 0 Å². The lowest BCUT2D eigenvalue weighted by atomic mass is 10.3. The topological polar surface area (TPSA) is 37.8 Å². The van der Waals surface area contributed by atoms with Crippen molar-refractivity contribution in [1.29, 1.82) is 0 Å². The van der Waals surface area contributed by atoms with Crippen LogP contribution in [0.25, 0.3) is 10.7 Å². The average molecular weight is 298 g/mol. The van der Waals surface area contributed by atoms with E-state index in [0.29, 0.717) is 0 Å². The monoisotopic (exact) mass is 297 g/mol. The second-order valence-electron chi connectivity index (χ2n) is 3.48. The van der Waals surface area contributed by atoms with E-state index >= 15 is 0 Å². The zero-order valence-electron chi connectivity index (χ0n) is 9.34. The van der Waals surface area contributed by atoms with Crippen LogP contribution in [-0.2, 0) is 0 Å². The van der Waals surface area contributed by atoms with Crippen molar-refractivity contribution in [2.45, 2.75) is 13.8 Å². The van der Waals surface area contributed by atoms with E-state index in [1.54, 1.807) is 11.3 Å². The van der Waals surface area contributed by atoms with E-state index in [1.165, 1.54) is 4.88 Å². The summed E-state index contributed by atoms with van der Waals surface area (Å²) in [5, 5.41) is 3.04. The molecule has 84 valence electrons. The van der Waals surface area contributed by atoms with Crippen LogP contribution in [0.1, 0.15) is 10.6 Å². The van der Waals surface area contributed by atoms with Crippen LogP contribution in [0.2, 0.25) is 0 Å². The summed E-state index contributed by atoms with van der Waals surface area (Å²) in [6, 6.07) is 3.99. The van der Waals surface area contributed by atoms with Gasteiger partial charge in [0.05, 0.1) is 4.88 Å². The normalized spacial score (nSPS) is 10.5. The van der Waals surface area contributed by atoms with Gasteiger partial charge in [0.1, 0.15) is 5.82 Å². The highest BCUT2D eigenvalue weighted by molar-refractivity contribution is 9.10. The molecule has 0 bridgehead atoms. The van der Waals surface area contributed by atoms with Gasteiger partial charge in [-0.2, -0.15) is 0 Å². The Hall–Kier alpha value is -0.940. The van der Waals surface area contributed by atoms with E-state index in [-0.39, 0.29) is 0 Å². The molecule has 2 aromatic heterocycles. The van der Waals surface area contributed by atoms with Crippen LogP contribution in [0.4, 0.5) is 5.82 Å². The number of nitrogens with one attached hydrogen (secondary N) is 1. The predicted molar refractivity (Wildman–Crippen MR) is 72.1 cm³/mol. The summed E-state index contributed by atoms with van der Waals surface area (Å²) in [4.78, 5) is 11.2. The van der Waals surface area contributed by atoms with Crippen LogP contribution < -0.4 is 5.32 Å². The van der Waals surface area contributed by atoms with Gasteiger partial charge in [0.15, 0.2) is 5.82 Å². The highest BCUT2D eigenvalue weighted by atomic mass is 79.9. The molecule has 2 heterocycles. The molecule has 0 saturated heterocycles. The van der Waals surface area contributed by atoms with E-state index in [2.05, 4.69) is 44.2 Å². The summed E-state index contributed by atoms with van der Waals surface area (Å²) in [5.41, 5.74) is 0.969. The first kappa shape index (κ1) is 11.5. The zero-order chi connectivity index (χ0) is 11.7. The largest absolute Gasteiger partial charge is 0.373 e. The minimum absolute atomic E-state index is 0.781. The smallest absolute Gasteiger partial charge is 0.171 e. The van der Waals surface area contributed by atoms with Crippen molar-refractivity contribution in [2.75, 3.05) is 12.4 Å². The third-order valence-electron chi connectivity index (χ3n) is 2.19. The number of nitrogens with zero attached hydrogens (tertiary/aromatic N) is 2. The van der Waals surface area contributed by atoms with Gasteiger partial charge in [-0.25, -0.2) is 9.97 Å². The molecule has 16 heavy (non-hydrogen) atoms. The predicted octanol–water partition coefficient (Wildman–Crippen LogP) is 3.63. The molecule has 0 saturated carbocycles. The summed E-state index contributed by atoms with van der Waals surface area (Å²) >= 11 is 5.20. The summed E-state index contributed by atoms with van der Waals surface area (Å²) in [5.74, 6) is 1.63. The maximum absolute atomic E-state index is 4.44. The lowest BCUT2D eigenvalue weighted by molar-refractivity contribution is 1.11. The first-order valence-electron chi connectivity index (χ1n) is 4.90. The van der Waals surface area contributed by atoms with Gasteiger partial charge in [0, 0.05) is 28.2 Å². The number of rotatable bonds is 2. The van der Waals surface area contributed by atoms with Crippen LogP contribution >= 0.6 is 27.3 Å². The van der Waals surface area contributed by atoms with Crippen LogP contribution in [-0.4, -0.2) is 17.0 Å². The molecule has 1 N–H and O–H groups in total. The lowest BCUT2D eigenvalue weighted by Crippen LogP contribution is -1.97. The molecule has 5 heteroatoms.